The molecule has 0 bridgehead atoms. The number of hydrogen-bond acceptors (Lipinski definition) is 4. The van der Waals surface area contributed by atoms with Gasteiger partial charge in [-0.15, -0.1) is 10.2 Å². The number of hydrogen-bond donors (Lipinski definition) is 2. The Bertz CT molecular complexity index is 685. The molecule has 5 nitrogen and oxygen atoms in total. The first-order valence-corrected chi connectivity index (χ1v) is 8.55. The van der Waals surface area contributed by atoms with Crippen molar-refractivity contribution in [2.75, 3.05) is 10.6 Å². The van der Waals surface area contributed by atoms with Gasteiger partial charge in [0.15, 0.2) is 0 Å². The molecule has 1 aromatic carbocycles. The molecule has 0 atom stereocenters. The number of carbonyl (C=O) groups excluding carboxylic acids is 1. The van der Waals surface area contributed by atoms with Gasteiger partial charge in [-0.3, -0.25) is 5.32 Å². The van der Waals surface area contributed by atoms with Crippen LogP contribution < -0.4 is 10.6 Å². The van der Waals surface area contributed by atoms with E-state index >= 15 is 0 Å². The van der Waals surface area contributed by atoms with Crippen LogP contribution in [0.15, 0.2) is 18.2 Å². The Morgan fingerprint density at radius 2 is 1.95 bits per heavy atom. The van der Waals surface area contributed by atoms with E-state index < -0.39 is 6.03 Å². The van der Waals surface area contributed by atoms with E-state index in [1.54, 1.807) is 18.2 Å². The third-order valence-electron chi connectivity index (χ3n) is 3.54. The van der Waals surface area contributed by atoms with Crippen LogP contribution >= 0.6 is 34.5 Å². The number of amides is 2. The Morgan fingerprint density at radius 3 is 2.68 bits per heavy atom. The molecule has 22 heavy (non-hydrogen) atoms. The molecule has 0 aliphatic heterocycles. The molecular formula is C14H14Cl2N4OS. The third kappa shape index (κ3) is 3.69. The second kappa shape index (κ2) is 6.81. The minimum absolute atomic E-state index is 0.381. The molecule has 2 N–H and O–H groups in total. The van der Waals surface area contributed by atoms with E-state index in [9.17, 15) is 4.79 Å². The standard InChI is InChI=1S/C14H14Cl2N4OS/c15-9-5-6-11(10(16)7-9)17-13(21)18-14-20-19-12(22-14)8-3-1-2-4-8/h5-8H,1-4H2,(H2,17,18,20,21). The number of halogens is 2. The molecular weight excluding hydrogens is 343 g/mol. The van der Waals surface area contributed by atoms with Crippen LogP contribution in [0.25, 0.3) is 0 Å². The van der Waals surface area contributed by atoms with E-state index in [-0.39, 0.29) is 0 Å². The van der Waals surface area contributed by atoms with Crippen LogP contribution in [0.1, 0.15) is 36.6 Å². The number of rotatable bonds is 3. The highest BCUT2D eigenvalue weighted by atomic mass is 35.5. The van der Waals surface area contributed by atoms with Gasteiger partial charge >= 0.3 is 6.03 Å². The van der Waals surface area contributed by atoms with Crippen molar-refractivity contribution in [1.82, 2.24) is 10.2 Å². The molecule has 0 unspecified atom stereocenters. The number of urea groups is 1. The van der Waals surface area contributed by atoms with Gasteiger partial charge in [0.2, 0.25) is 5.13 Å². The molecule has 1 aliphatic carbocycles. The Hall–Kier alpha value is -1.37. The zero-order chi connectivity index (χ0) is 15.5. The monoisotopic (exact) mass is 356 g/mol. The first-order valence-electron chi connectivity index (χ1n) is 6.98. The van der Waals surface area contributed by atoms with Gasteiger partial charge in [0, 0.05) is 10.9 Å². The normalized spacial score (nSPS) is 15.0. The van der Waals surface area contributed by atoms with Crippen molar-refractivity contribution >= 4 is 51.4 Å². The fourth-order valence-electron chi connectivity index (χ4n) is 2.46. The molecule has 1 heterocycles. The van der Waals surface area contributed by atoms with Gasteiger partial charge in [0.05, 0.1) is 10.7 Å². The van der Waals surface area contributed by atoms with Crippen molar-refractivity contribution in [1.29, 1.82) is 0 Å². The van der Waals surface area contributed by atoms with Crippen molar-refractivity contribution in [2.24, 2.45) is 0 Å². The summed E-state index contributed by atoms with van der Waals surface area (Å²) >= 11 is 13.3. The van der Waals surface area contributed by atoms with Crippen LogP contribution in [0.3, 0.4) is 0 Å². The van der Waals surface area contributed by atoms with Crippen molar-refractivity contribution in [3.05, 3.63) is 33.3 Å². The van der Waals surface area contributed by atoms with E-state index in [0.29, 0.717) is 26.8 Å². The van der Waals surface area contributed by atoms with E-state index in [1.807, 2.05) is 0 Å². The average Bonchev–Trinajstić information content (AvgIpc) is 3.12. The highest BCUT2D eigenvalue weighted by Crippen LogP contribution is 2.36. The lowest BCUT2D eigenvalue weighted by Crippen LogP contribution is -2.19. The van der Waals surface area contributed by atoms with E-state index in [0.717, 1.165) is 17.8 Å². The number of nitrogens with zero attached hydrogens (tertiary/aromatic N) is 2. The first-order chi connectivity index (χ1) is 10.6. The van der Waals surface area contributed by atoms with Gasteiger partial charge in [0.1, 0.15) is 5.01 Å². The zero-order valence-electron chi connectivity index (χ0n) is 11.6. The molecule has 2 aromatic rings. The van der Waals surface area contributed by atoms with Gasteiger partial charge in [-0.05, 0) is 31.0 Å². The predicted molar refractivity (Wildman–Crippen MR) is 90.2 cm³/mol. The molecule has 1 fully saturated rings. The fraction of sp³-hybridized carbons (Fsp3) is 0.357. The Labute approximate surface area is 142 Å². The van der Waals surface area contributed by atoms with Crippen molar-refractivity contribution < 1.29 is 4.79 Å². The summed E-state index contributed by atoms with van der Waals surface area (Å²) in [6.45, 7) is 0. The third-order valence-corrected chi connectivity index (χ3v) is 5.09. The van der Waals surface area contributed by atoms with Gasteiger partial charge in [-0.25, -0.2) is 4.79 Å². The van der Waals surface area contributed by atoms with Crippen LogP contribution in [0.5, 0.6) is 0 Å². The highest BCUT2D eigenvalue weighted by Gasteiger charge is 2.21. The second-order valence-electron chi connectivity index (χ2n) is 5.13. The lowest BCUT2D eigenvalue weighted by atomic mass is 10.1. The van der Waals surface area contributed by atoms with Crippen LogP contribution in [0.4, 0.5) is 15.6 Å². The minimum atomic E-state index is -0.404. The predicted octanol–water partition coefficient (Wildman–Crippen LogP) is 5.15. The Balaban J connectivity index is 1.61. The van der Waals surface area contributed by atoms with Gasteiger partial charge in [0.25, 0.3) is 0 Å². The van der Waals surface area contributed by atoms with Crippen LogP contribution in [0.2, 0.25) is 10.0 Å². The topological polar surface area (TPSA) is 66.9 Å². The summed E-state index contributed by atoms with van der Waals surface area (Å²) in [7, 11) is 0. The van der Waals surface area contributed by atoms with E-state index in [1.165, 1.54) is 24.2 Å². The first kappa shape index (κ1) is 15.5. The maximum atomic E-state index is 12.0. The second-order valence-corrected chi connectivity index (χ2v) is 6.98. The Kier molecular flexibility index (Phi) is 4.81. The summed E-state index contributed by atoms with van der Waals surface area (Å²) in [6.07, 6.45) is 4.79. The Morgan fingerprint density at radius 1 is 1.18 bits per heavy atom. The summed E-state index contributed by atoms with van der Waals surface area (Å²) in [4.78, 5) is 12.0. The largest absolute Gasteiger partial charge is 0.325 e. The van der Waals surface area contributed by atoms with Crippen molar-refractivity contribution in [2.45, 2.75) is 31.6 Å². The number of benzene rings is 1. The van der Waals surface area contributed by atoms with Crippen LogP contribution in [-0.4, -0.2) is 16.2 Å². The molecule has 1 saturated carbocycles. The van der Waals surface area contributed by atoms with E-state index in [4.69, 9.17) is 23.2 Å². The quantitative estimate of drug-likeness (QED) is 0.799. The molecule has 116 valence electrons. The molecule has 8 heteroatoms. The number of anilines is 2. The maximum Gasteiger partial charge on any atom is 0.325 e. The molecule has 0 spiro atoms. The molecule has 0 saturated heterocycles. The van der Waals surface area contributed by atoms with Crippen molar-refractivity contribution in [3.63, 3.8) is 0 Å². The van der Waals surface area contributed by atoms with Gasteiger partial charge in [-0.2, -0.15) is 0 Å². The highest BCUT2D eigenvalue weighted by molar-refractivity contribution is 7.15. The minimum Gasteiger partial charge on any atom is -0.306 e. The number of aromatic nitrogens is 2. The maximum absolute atomic E-state index is 12.0. The fourth-order valence-corrected chi connectivity index (χ4v) is 3.83. The summed E-state index contributed by atoms with van der Waals surface area (Å²) in [6, 6.07) is 4.47. The molecule has 1 aliphatic rings. The van der Waals surface area contributed by atoms with Crippen LogP contribution in [-0.2, 0) is 0 Å². The molecule has 1 aromatic heterocycles. The smallest absolute Gasteiger partial charge is 0.306 e. The van der Waals surface area contributed by atoms with Gasteiger partial charge in [-0.1, -0.05) is 47.4 Å². The average molecular weight is 357 g/mol. The molecule has 3 rings (SSSR count). The zero-order valence-corrected chi connectivity index (χ0v) is 13.9. The summed E-state index contributed by atoms with van der Waals surface area (Å²) < 4.78 is 0. The number of carbonyl (C=O) groups is 1. The van der Waals surface area contributed by atoms with Crippen molar-refractivity contribution in [3.8, 4) is 0 Å². The molecule has 0 radical (unpaired) electrons. The summed E-state index contributed by atoms with van der Waals surface area (Å²) in [5.41, 5.74) is 0.490. The number of nitrogens with one attached hydrogen (secondary N) is 2. The van der Waals surface area contributed by atoms with Gasteiger partial charge < -0.3 is 5.32 Å². The van der Waals surface area contributed by atoms with Crippen LogP contribution in [0, 0.1) is 0 Å². The van der Waals surface area contributed by atoms with E-state index in [2.05, 4.69) is 20.8 Å². The summed E-state index contributed by atoms with van der Waals surface area (Å²) in [5, 5.41) is 15.9. The lowest BCUT2D eigenvalue weighted by molar-refractivity contribution is 0.262. The summed E-state index contributed by atoms with van der Waals surface area (Å²) in [5.74, 6) is 0.488. The lowest BCUT2D eigenvalue weighted by Gasteiger charge is -2.07. The SMILES string of the molecule is O=C(Nc1nnc(C2CCCC2)s1)Nc1ccc(Cl)cc1Cl. The molecule has 2 amide bonds.